The van der Waals surface area contributed by atoms with Crippen LogP contribution in [-0.2, 0) is 23.3 Å². The monoisotopic (exact) mass is 595 g/mol. The number of rotatable bonds is 7. The highest BCUT2D eigenvalue weighted by Gasteiger charge is 2.43. The molecule has 2 aromatic carbocycles. The third-order valence-electron chi connectivity index (χ3n) is 7.44. The van der Waals surface area contributed by atoms with Crippen LogP contribution >= 0.6 is 0 Å². The van der Waals surface area contributed by atoms with Crippen molar-refractivity contribution >= 4 is 5.97 Å². The van der Waals surface area contributed by atoms with E-state index in [1.54, 1.807) is 19.9 Å². The van der Waals surface area contributed by atoms with Crippen molar-refractivity contribution in [3.63, 3.8) is 0 Å². The van der Waals surface area contributed by atoms with Gasteiger partial charge in [-0.2, -0.15) is 39.5 Å². The van der Waals surface area contributed by atoms with E-state index in [0.717, 1.165) is 12.1 Å². The Bertz CT molecular complexity index is 1230. The number of benzene rings is 2. The summed E-state index contributed by atoms with van der Waals surface area (Å²) in [4.78, 5) is 13.2. The number of carboxylic acids is 1. The molecule has 0 radical (unpaired) electrons. The second-order valence-corrected chi connectivity index (χ2v) is 10.7. The molecule has 1 unspecified atom stereocenters. The van der Waals surface area contributed by atoms with Crippen LogP contribution in [-0.4, -0.2) is 22.5 Å². The van der Waals surface area contributed by atoms with E-state index in [9.17, 15) is 49.4 Å². The molecular formula is C29H30F9NO2. The van der Waals surface area contributed by atoms with Gasteiger partial charge < -0.3 is 5.11 Å². The van der Waals surface area contributed by atoms with Crippen LogP contribution in [0.15, 0.2) is 54.6 Å². The highest BCUT2D eigenvalue weighted by molar-refractivity contribution is 5.69. The van der Waals surface area contributed by atoms with E-state index in [0.29, 0.717) is 18.2 Å². The Kier molecular flexibility index (Phi) is 9.57. The zero-order valence-corrected chi connectivity index (χ0v) is 22.4. The molecule has 12 heteroatoms. The topological polar surface area (TPSA) is 40.5 Å². The summed E-state index contributed by atoms with van der Waals surface area (Å²) in [7, 11) is 0. The van der Waals surface area contributed by atoms with Crippen LogP contribution in [0.5, 0.6) is 0 Å². The summed E-state index contributed by atoms with van der Waals surface area (Å²) >= 11 is 0. The Morgan fingerprint density at radius 3 is 1.90 bits per heavy atom. The molecule has 0 saturated carbocycles. The van der Waals surface area contributed by atoms with E-state index in [-0.39, 0.29) is 30.9 Å². The second-order valence-electron chi connectivity index (χ2n) is 10.7. The van der Waals surface area contributed by atoms with Crippen molar-refractivity contribution in [3.8, 4) is 0 Å². The average molecular weight is 596 g/mol. The summed E-state index contributed by atoms with van der Waals surface area (Å²) in [6.07, 6.45) is -11.4. The van der Waals surface area contributed by atoms with E-state index < -0.39 is 70.7 Å². The Hall–Kier alpha value is -3.02. The Balaban J connectivity index is 2.23. The molecule has 3 rings (SSSR count). The van der Waals surface area contributed by atoms with Crippen molar-refractivity contribution in [3.05, 3.63) is 82.4 Å². The number of hydrogen-bond donors (Lipinski definition) is 1. The minimum absolute atomic E-state index is 0.00534. The van der Waals surface area contributed by atoms with Gasteiger partial charge in [-0.25, -0.2) is 0 Å². The molecule has 226 valence electrons. The molecule has 1 saturated heterocycles. The van der Waals surface area contributed by atoms with Crippen LogP contribution in [0.4, 0.5) is 39.5 Å². The third kappa shape index (κ3) is 7.84. The maximum Gasteiger partial charge on any atom is 0.416 e. The number of carbonyl (C=O) groups is 1. The molecule has 0 spiro atoms. The summed E-state index contributed by atoms with van der Waals surface area (Å²) < 4.78 is 123. The van der Waals surface area contributed by atoms with Gasteiger partial charge in [0.2, 0.25) is 0 Å². The van der Waals surface area contributed by atoms with Crippen molar-refractivity contribution in [2.45, 2.75) is 64.2 Å². The standard InChI is InChI=1S/C29H30F9NO2/c1-16(2)4-11-24(22-15-21(28(33,34)35)9-10-23(22)29(36,37)38)39-13-12-19(17(3)26(40)41)14-25(39)18-5-7-20(8-6-18)27(30,31)32/h4-11,15-17,19,24-25H,12-14H2,1-3H3,(H,40,41)/t17?,19-,24-,25+/m1/s1. The summed E-state index contributed by atoms with van der Waals surface area (Å²) in [5, 5.41) is 9.57. The van der Waals surface area contributed by atoms with E-state index >= 15 is 0 Å². The van der Waals surface area contributed by atoms with Gasteiger partial charge >= 0.3 is 24.5 Å². The van der Waals surface area contributed by atoms with Crippen molar-refractivity contribution < 1.29 is 49.4 Å². The summed E-state index contributed by atoms with van der Waals surface area (Å²) in [6, 6.07) is 2.99. The summed E-state index contributed by atoms with van der Waals surface area (Å²) in [6.45, 7) is 4.93. The normalized spacial score (nSPS) is 20.9. The van der Waals surface area contributed by atoms with Crippen molar-refractivity contribution in [2.24, 2.45) is 17.8 Å². The quantitative estimate of drug-likeness (QED) is 0.256. The Morgan fingerprint density at radius 1 is 0.854 bits per heavy atom. The first-order valence-electron chi connectivity index (χ1n) is 12.9. The van der Waals surface area contributed by atoms with Crippen LogP contribution in [0.1, 0.15) is 73.5 Å². The Labute approximate surface area is 231 Å². The van der Waals surface area contributed by atoms with E-state index in [2.05, 4.69) is 0 Å². The summed E-state index contributed by atoms with van der Waals surface area (Å²) in [5.41, 5.74) is -3.86. The molecule has 3 nitrogen and oxygen atoms in total. The minimum atomic E-state index is -5.00. The first-order chi connectivity index (χ1) is 18.8. The van der Waals surface area contributed by atoms with E-state index in [1.807, 2.05) is 0 Å². The number of hydrogen-bond acceptors (Lipinski definition) is 2. The highest BCUT2D eigenvalue weighted by atomic mass is 19.4. The molecule has 0 aliphatic carbocycles. The molecule has 4 atom stereocenters. The molecular weight excluding hydrogens is 565 g/mol. The molecule has 2 aromatic rings. The van der Waals surface area contributed by atoms with Gasteiger partial charge in [-0.15, -0.1) is 0 Å². The second kappa shape index (κ2) is 12.1. The first-order valence-corrected chi connectivity index (χ1v) is 12.9. The first kappa shape index (κ1) is 32.5. The zero-order valence-electron chi connectivity index (χ0n) is 22.4. The molecule has 41 heavy (non-hydrogen) atoms. The van der Waals surface area contributed by atoms with Gasteiger partial charge in [0.25, 0.3) is 0 Å². The number of alkyl halides is 9. The van der Waals surface area contributed by atoms with Crippen LogP contribution in [0.3, 0.4) is 0 Å². The lowest BCUT2D eigenvalue weighted by molar-refractivity contribution is -0.144. The number of aliphatic carboxylic acids is 1. The largest absolute Gasteiger partial charge is 0.481 e. The van der Waals surface area contributed by atoms with Crippen LogP contribution in [0.2, 0.25) is 0 Å². The fraction of sp³-hybridized carbons (Fsp3) is 0.483. The molecule has 0 amide bonds. The number of halogens is 9. The molecule has 0 aromatic heterocycles. The maximum atomic E-state index is 14.1. The van der Waals surface area contributed by atoms with E-state index in [4.69, 9.17) is 0 Å². The van der Waals surface area contributed by atoms with Crippen LogP contribution < -0.4 is 0 Å². The van der Waals surface area contributed by atoms with Gasteiger partial charge in [0.05, 0.1) is 28.7 Å². The van der Waals surface area contributed by atoms with Crippen molar-refractivity contribution in [2.75, 3.05) is 6.54 Å². The molecule has 1 N–H and O–H groups in total. The number of piperidine rings is 1. The average Bonchev–Trinajstić information content (AvgIpc) is 2.86. The van der Waals surface area contributed by atoms with Gasteiger partial charge in [0, 0.05) is 6.04 Å². The highest BCUT2D eigenvalue weighted by Crippen LogP contribution is 2.47. The van der Waals surface area contributed by atoms with Gasteiger partial charge in [0.15, 0.2) is 0 Å². The van der Waals surface area contributed by atoms with Crippen LogP contribution in [0.25, 0.3) is 0 Å². The number of carboxylic acid groups (broad SMARTS) is 1. The molecule has 1 aliphatic heterocycles. The maximum absolute atomic E-state index is 14.1. The van der Waals surface area contributed by atoms with Gasteiger partial charge in [-0.1, -0.05) is 45.1 Å². The van der Waals surface area contributed by atoms with Crippen LogP contribution in [0, 0.1) is 17.8 Å². The molecule has 1 heterocycles. The van der Waals surface area contributed by atoms with Gasteiger partial charge in [-0.3, -0.25) is 9.69 Å². The SMILES string of the molecule is CC(C)C=C[C@H](c1cc(C(F)(F)F)ccc1C(F)(F)F)N1CC[C@@H](C(C)C(=O)O)C[C@H]1c1ccc(C(F)(F)F)cc1. The number of allylic oxidation sites excluding steroid dienone is 1. The van der Waals surface area contributed by atoms with Crippen molar-refractivity contribution in [1.82, 2.24) is 4.90 Å². The minimum Gasteiger partial charge on any atom is -0.481 e. The van der Waals surface area contributed by atoms with Crippen molar-refractivity contribution in [1.29, 1.82) is 0 Å². The lowest BCUT2D eigenvalue weighted by atomic mass is 9.78. The molecule has 0 bridgehead atoms. The van der Waals surface area contributed by atoms with Gasteiger partial charge in [0.1, 0.15) is 0 Å². The third-order valence-corrected chi connectivity index (χ3v) is 7.44. The zero-order chi connectivity index (χ0) is 30.9. The summed E-state index contributed by atoms with van der Waals surface area (Å²) in [5.74, 6) is -2.64. The fourth-order valence-electron chi connectivity index (χ4n) is 5.18. The lowest BCUT2D eigenvalue weighted by Gasteiger charge is -2.45. The predicted molar refractivity (Wildman–Crippen MR) is 134 cm³/mol. The molecule has 1 aliphatic rings. The fourth-order valence-corrected chi connectivity index (χ4v) is 5.18. The smallest absolute Gasteiger partial charge is 0.416 e. The predicted octanol–water partition coefficient (Wildman–Crippen LogP) is 9.17. The number of nitrogens with zero attached hydrogens (tertiary/aromatic N) is 1. The van der Waals surface area contributed by atoms with Gasteiger partial charge in [-0.05, 0) is 72.7 Å². The number of likely N-dealkylation sites (tertiary alicyclic amines) is 1. The lowest BCUT2D eigenvalue weighted by Crippen LogP contribution is -2.42. The molecule has 1 fully saturated rings. The van der Waals surface area contributed by atoms with E-state index in [1.165, 1.54) is 30.0 Å². The Morgan fingerprint density at radius 2 is 1.41 bits per heavy atom.